The van der Waals surface area contributed by atoms with Gasteiger partial charge in [0.25, 0.3) is 0 Å². The highest BCUT2D eigenvalue weighted by Gasteiger charge is 2.23. The predicted molar refractivity (Wildman–Crippen MR) is 229 cm³/mol. The van der Waals surface area contributed by atoms with Gasteiger partial charge >= 0.3 is 0 Å². The van der Waals surface area contributed by atoms with Crippen molar-refractivity contribution in [2.24, 2.45) is 10.8 Å². The summed E-state index contributed by atoms with van der Waals surface area (Å²) in [4.78, 5) is 14.5. The number of hydrogen-bond acceptors (Lipinski definition) is 8. The average molecular weight is 758 g/mol. The number of hydrogen-bond donors (Lipinski definition) is 0. The van der Waals surface area contributed by atoms with E-state index in [2.05, 4.69) is 133 Å². The van der Waals surface area contributed by atoms with Crippen LogP contribution < -0.4 is 4.74 Å². The van der Waals surface area contributed by atoms with Crippen LogP contribution in [0.5, 0.6) is 11.5 Å². The van der Waals surface area contributed by atoms with Crippen molar-refractivity contribution in [1.82, 2.24) is 15.0 Å². The second-order valence-corrected chi connectivity index (χ2v) is 19.0. The molecule has 0 radical (unpaired) electrons. The molecule has 0 fully saturated rings. The van der Waals surface area contributed by atoms with Gasteiger partial charge in [-0.15, -0.1) is 22.7 Å². The lowest BCUT2D eigenvalue weighted by Gasteiger charge is -2.15. The van der Waals surface area contributed by atoms with Crippen LogP contribution in [0.25, 0.3) is 84.9 Å². The molecule has 6 heterocycles. The molecule has 0 aliphatic rings. The van der Waals surface area contributed by atoms with E-state index in [1.54, 1.807) is 29.0 Å². The molecule has 0 spiro atoms. The van der Waals surface area contributed by atoms with Crippen molar-refractivity contribution >= 4 is 85.1 Å². The molecule has 8 heteroatoms. The minimum absolute atomic E-state index is 0.124. The minimum Gasteiger partial charge on any atom is -0.459 e. The number of nitrogens with zero attached hydrogens (tertiary/aromatic N) is 3. The van der Waals surface area contributed by atoms with Gasteiger partial charge in [-0.3, -0.25) is 4.98 Å². The van der Waals surface area contributed by atoms with Crippen molar-refractivity contribution in [2.75, 3.05) is 0 Å². The second kappa shape index (κ2) is 12.5. The van der Waals surface area contributed by atoms with Gasteiger partial charge in [-0.05, 0) is 64.1 Å². The molecule has 0 unspecified atom stereocenters. The number of furan rings is 2. The molecule has 55 heavy (non-hydrogen) atoms. The normalized spacial score (nSPS) is 12.7. The maximum absolute atomic E-state index is 7.06. The minimum atomic E-state index is 0.124. The third kappa shape index (κ3) is 6.14. The van der Waals surface area contributed by atoms with E-state index in [1.807, 2.05) is 6.20 Å². The van der Waals surface area contributed by atoms with E-state index in [1.165, 1.54) is 0 Å². The Balaban J connectivity index is 1.09. The molecule has 0 saturated carbocycles. The Kier molecular flexibility index (Phi) is 7.71. The monoisotopic (exact) mass is 757 g/mol. The number of benzene rings is 4. The Hall–Kier alpha value is -5.57. The van der Waals surface area contributed by atoms with Gasteiger partial charge in [-0.2, -0.15) is 0 Å². The molecule has 6 nitrogen and oxygen atoms in total. The lowest BCUT2D eigenvalue weighted by molar-refractivity contribution is 0.370. The fourth-order valence-corrected chi connectivity index (χ4v) is 10.0. The van der Waals surface area contributed by atoms with E-state index < -0.39 is 0 Å². The van der Waals surface area contributed by atoms with Gasteiger partial charge in [0.2, 0.25) is 0 Å². The van der Waals surface area contributed by atoms with E-state index in [0.717, 1.165) is 121 Å². The smallest absolute Gasteiger partial charge is 0.171 e. The van der Waals surface area contributed by atoms with Crippen molar-refractivity contribution in [3.63, 3.8) is 0 Å². The number of rotatable bonds is 6. The Labute approximate surface area is 326 Å². The maximum atomic E-state index is 7.06. The summed E-state index contributed by atoms with van der Waals surface area (Å²) >= 11 is 3.42. The number of pyridine rings is 1. The van der Waals surface area contributed by atoms with E-state index in [4.69, 9.17) is 28.5 Å². The largest absolute Gasteiger partial charge is 0.459 e. The summed E-state index contributed by atoms with van der Waals surface area (Å²) in [6, 6.07) is 31.8. The van der Waals surface area contributed by atoms with E-state index >= 15 is 0 Å². The first kappa shape index (κ1) is 34.0. The molecule has 0 N–H and O–H groups in total. The van der Waals surface area contributed by atoms with Crippen LogP contribution in [0.4, 0.5) is 0 Å². The maximum Gasteiger partial charge on any atom is 0.171 e. The van der Waals surface area contributed by atoms with Crippen LogP contribution >= 0.6 is 22.7 Å². The Morgan fingerprint density at radius 1 is 0.564 bits per heavy atom. The summed E-state index contributed by atoms with van der Waals surface area (Å²) in [5, 5.41) is 5.26. The number of thiophene rings is 2. The SMILES string of the molecule is CC(C)(C)Cc1cc2sc3c(-c4cc(Oc5cc(-c6ncnc7c6sc6cc(CC(C)(C)C)oc67)cc6ccccc56)c5ccccc5c4)nccc3c2o1. The van der Waals surface area contributed by atoms with E-state index in [9.17, 15) is 0 Å². The highest BCUT2D eigenvalue weighted by atomic mass is 32.1. The summed E-state index contributed by atoms with van der Waals surface area (Å²) in [7, 11) is 0. The quantitative estimate of drug-likeness (QED) is 0.168. The van der Waals surface area contributed by atoms with Gasteiger partial charge in [0.1, 0.15) is 34.9 Å². The molecule has 0 atom stereocenters. The van der Waals surface area contributed by atoms with Crippen molar-refractivity contribution in [1.29, 1.82) is 0 Å². The summed E-state index contributed by atoms with van der Waals surface area (Å²) in [5.41, 5.74) is 6.59. The standard InChI is InChI=1S/C47H39N3O3S2/c1-46(2,3)23-30-21-37-42(51-30)34-15-16-48-39(44(34)54-37)28-17-26-11-7-9-13-32(26)35(19-28)53-36-20-29(18-27-12-8-10-14-33(27)36)40-45-41(50-25-49-40)43-38(55-45)22-31(52-43)24-47(4,5)6/h7-22,25H,23-24H2,1-6H3. The van der Waals surface area contributed by atoms with Crippen LogP contribution in [0.1, 0.15) is 53.1 Å². The van der Waals surface area contributed by atoms with Gasteiger partial charge in [0.05, 0.1) is 30.2 Å². The molecule has 0 bridgehead atoms. The zero-order chi connectivity index (χ0) is 37.6. The summed E-state index contributed by atoms with van der Waals surface area (Å²) < 4.78 is 24.3. The van der Waals surface area contributed by atoms with Crippen LogP contribution in [0.2, 0.25) is 0 Å². The van der Waals surface area contributed by atoms with E-state index in [0.29, 0.717) is 0 Å². The molecule has 6 aromatic heterocycles. The molecule has 10 rings (SSSR count). The fourth-order valence-electron chi connectivity index (χ4n) is 7.67. The highest BCUT2D eigenvalue weighted by molar-refractivity contribution is 7.26. The zero-order valence-corrected chi connectivity index (χ0v) is 33.2. The first-order chi connectivity index (χ1) is 26.4. The lowest BCUT2D eigenvalue weighted by atomic mass is 9.91. The Bertz CT molecular complexity index is 2900. The van der Waals surface area contributed by atoms with E-state index in [-0.39, 0.29) is 10.8 Å². The third-order valence-corrected chi connectivity index (χ3v) is 12.2. The first-order valence-electron chi connectivity index (χ1n) is 18.6. The molecule has 10 aromatic rings. The highest BCUT2D eigenvalue weighted by Crippen LogP contribution is 2.46. The molecule has 0 aliphatic carbocycles. The first-order valence-corrected chi connectivity index (χ1v) is 20.3. The lowest BCUT2D eigenvalue weighted by Crippen LogP contribution is -2.08. The molecule has 0 amide bonds. The van der Waals surface area contributed by atoms with Gasteiger partial charge in [-0.1, -0.05) is 90.1 Å². The molecule has 4 aromatic carbocycles. The molecule has 0 saturated heterocycles. The van der Waals surface area contributed by atoms with Gasteiger partial charge in [0, 0.05) is 46.3 Å². The van der Waals surface area contributed by atoms with Crippen LogP contribution in [0, 0.1) is 10.8 Å². The Morgan fingerprint density at radius 3 is 1.73 bits per heavy atom. The van der Waals surface area contributed by atoms with Crippen LogP contribution in [0.3, 0.4) is 0 Å². The van der Waals surface area contributed by atoms with Gasteiger partial charge in [0.15, 0.2) is 11.2 Å². The van der Waals surface area contributed by atoms with Crippen molar-refractivity contribution in [3.05, 3.63) is 115 Å². The summed E-state index contributed by atoms with van der Waals surface area (Å²) in [6.45, 7) is 13.4. The number of ether oxygens (including phenoxy) is 1. The van der Waals surface area contributed by atoms with Crippen molar-refractivity contribution in [2.45, 2.75) is 54.4 Å². The van der Waals surface area contributed by atoms with Crippen LogP contribution in [-0.4, -0.2) is 15.0 Å². The average Bonchev–Trinajstić information content (AvgIpc) is 3.89. The molecular weight excluding hydrogens is 719 g/mol. The molecule has 272 valence electrons. The fraction of sp³-hybridized carbons (Fsp3) is 0.213. The number of aromatic nitrogens is 3. The zero-order valence-electron chi connectivity index (χ0n) is 31.6. The third-order valence-electron chi connectivity index (χ3n) is 9.91. The molecule has 0 aliphatic heterocycles. The van der Waals surface area contributed by atoms with Crippen molar-refractivity contribution in [3.8, 4) is 34.0 Å². The molecular formula is C47H39N3O3S2. The number of fused-ring (bicyclic) bond motifs is 8. The van der Waals surface area contributed by atoms with Crippen LogP contribution in [0.15, 0.2) is 112 Å². The summed E-state index contributed by atoms with van der Waals surface area (Å²) in [5.74, 6) is 3.51. The Morgan fingerprint density at radius 2 is 1.11 bits per heavy atom. The van der Waals surface area contributed by atoms with Gasteiger partial charge in [-0.25, -0.2) is 9.97 Å². The summed E-state index contributed by atoms with van der Waals surface area (Å²) in [6.07, 6.45) is 5.27. The van der Waals surface area contributed by atoms with Gasteiger partial charge < -0.3 is 13.6 Å². The topological polar surface area (TPSA) is 74.2 Å². The van der Waals surface area contributed by atoms with Crippen molar-refractivity contribution < 1.29 is 13.6 Å². The van der Waals surface area contributed by atoms with Crippen LogP contribution in [-0.2, 0) is 12.8 Å². The predicted octanol–water partition coefficient (Wildman–Crippen LogP) is 14.4. The second-order valence-electron chi connectivity index (χ2n) is 16.9.